The molecule has 1 N–H and O–H groups in total. The fraction of sp³-hybridized carbons (Fsp3) is 0.750. The van der Waals surface area contributed by atoms with Crippen LogP contribution in [0.5, 0.6) is 0 Å². The van der Waals surface area contributed by atoms with Gasteiger partial charge in [-0.15, -0.1) is 0 Å². The van der Waals surface area contributed by atoms with Gasteiger partial charge in [-0.25, -0.2) is 14.0 Å². The van der Waals surface area contributed by atoms with Crippen LogP contribution in [0.2, 0.25) is 0 Å². The number of carboxylic acid groups (broad SMARTS) is 1. The fourth-order valence-corrected chi connectivity index (χ4v) is 2.31. The standard InChI is InChI=1S/C16H21F7O4/c1-10(2)14(18,8-4-5-9-15(19,20)21)16(22,23)13(3,17)27-12(26)7-6-11(24)25/h6-7,10H,4-5,8-9H2,1-3H3,(H,24,25). The van der Waals surface area contributed by atoms with Crippen LogP contribution in [0.4, 0.5) is 30.7 Å². The molecule has 0 aliphatic heterocycles. The molecule has 0 amide bonds. The Morgan fingerprint density at radius 2 is 1.44 bits per heavy atom. The van der Waals surface area contributed by atoms with Crippen LogP contribution in [0.3, 0.4) is 0 Å². The van der Waals surface area contributed by atoms with Crippen molar-refractivity contribution >= 4 is 11.9 Å². The highest BCUT2D eigenvalue weighted by molar-refractivity contribution is 5.90. The Morgan fingerprint density at radius 3 is 1.85 bits per heavy atom. The highest BCUT2D eigenvalue weighted by Gasteiger charge is 2.69. The molecule has 0 aliphatic carbocycles. The lowest BCUT2D eigenvalue weighted by atomic mass is 9.78. The number of carbonyl (C=O) groups excluding carboxylic acids is 1. The summed E-state index contributed by atoms with van der Waals surface area (Å²) in [5.74, 6) is -14.0. The summed E-state index contributed by atoms with van der Waals surface area (Å²) in [4.78, 5) is 21.5. The quantitative estimate of drug-likeness (QED) is 0.239. The number of unbranched alkanes of at least 4 members (excludes halogenated alkanes) is 1. The van der Waals surface area contributed by atoms with E-state index >= 15 is 0 Å². The third-order valence-electron chi connectivity index (χ3n) is 3.90. The third-order valence-corrected chi connectivity index (χ3v) is 3.90. The van der Waals surface area contributed by atoms with Gasteiger partial charge in [0.05, 0.1) is 0 Å². The number of hydrogen-bond donors (Lipinski definition) is 1. The van der Waals surface area contributed by atoms with Crippen LogP contribution in [-0.4, -0.2) is 40.7 Å². The van der Waals surface area contributed by atoms with Gasteiger partial charge in [0.25, 0.3) is 0 Å². The van der Waals surface area contributed by atoms with Gasteiger partial charge in [0.15, 0.2) is 5.67 Å². The molecule has 0 rings (SSSR count). The first kappa shape index (κ1) is 25.2. The van der Waals surface area contributed by atoms with Gasteiger partial charge < -0.3 is 9.84 Å². The Kier molecular flexibility index (Phi) is 8.32. The second-order valence-corrected chi connectivity index (χ2v) is 6.42. The molecular weight excluding hydrogens is 389 g/mol. The van der Waals surface area contributed by atoms with Crippen molar-refractivity contribution in [2.75, 3.05) is 0 Å². The van der Waals surface area contributed by atoms with Crippen LogP contribution in [0.1, 0.15) is 46.5 Å². The highest BCUT2D eigenvalue weighted by atomic mass is 19.4. The lowest BCUT2D eigenvalue weighted by Gasteiger charge is -2.42. The number of rotatable bonds is 10. The Balaban J connectivity index is 5.38. The molecule has 0 bridgehead atoms. The maximum Gasteiger partial charge on any atom is 0.389 e. The number of hydrogen-bond acceptors (Lipinski definition) is 3. The number of aliphatic carboxylic acids is 1. The monoisotopic (exact) mass is 410 g/mol. The molecule has 0 radical (unpaired) electrons. The van der Waals surface area contributed by atoms with E-state index in [4.69, 9.17) is 5.11 Å². The van der Waals surface area contributed by atoms with Gasteiger partial charge in [-0.05, 0) is 25.2 Å². The minimum atomic E-state index is -4.92. The van der Waals surface area contributed by atoms with Crippen molar-refractivity contribution in [3.63, 3.8) is 0 Å². The fourth-order valence-electron chi connectivity index (χ4n) is 2.31. The van der Waals surface area contributed by atoms with Crippen molar-refractivity contribution in [1.82, 2.24) is 0 Å². The van der Waals surface area contributed by atoms with Crippen LogP contribution in [0.15, 0.2) is 12.2 Å². The number of carboxylic acids is 1. The van der Waals surface area contributed by atoms with E-state index in [0.29, 0.717) is 0 Å². The van der Waals surface area contributed by atoms with E-state index in [0.717, 1.165) is 13.8 Å². The van der Waals surface area contributed by atoms with E-state index in [1.807, 2.05) is 0 Å². The molecule has 0 heterocycles. The van der Waals surface area contributed by atoms with Gasteiger partial charge >= 0.3 is 29.9 Å². The van der Waals surface area contributed by atoms with Gasteiger partial charge in [0, 0.05) is 25.5 Å². The van der Waals surface area contributed by atoms with E-state index in [-0.39, 0.29) is 19.1 Å². The first-order chi connectivity index (χ1) is 12.0. The summed E-state index contributed by atoms with van der Waals surface area (Å²) in [5, 5.41) is 8.32. The molecule has 0 aliphatic rings. The molecule has 0 fully saturated rings. The number of ether oxygens (including phenoxy) is 1. The molecule has 0 aromatic rings. The first-order valence-corrected chi connectivity index (χ1v) is 7.92. The molecule has 11 heteroatoms. The van der Waals surface area contributed by atoms with E-state index < -0.39 is 67.2 Å². The summed E-state index contributed by atoms with van der Waals surface area (Å²) >= 11 is 0. The Bertz CT molecular complexity index is 555. The summed E-state index contributed by atoms with van der Waals surface area (Å²) in [6, 6.07) is 0. The van der Waals surface area contributed by atoms with Crippen molar-refractivity contribution in [1.29, 1.82) is 0 Å². The van der Waals surface area contributed by atoms with Crippen LogP contribution in [-0.2, 0) is 14.3 Å². The van der Waals surface area contributed by atoms with E-state index in [2.05, 4.69) is 4.74 Å². The molecule has 0 aromatic heterocycles. The molecule has 4 nitrogen and oxygen atoms in total. The minimum Gasteiger partial charge on any atom is -0.478 e. The predicted octanol–water partition coefficient (Wildman–Crippen LogP) is 4.98. The van der Waals surface area contributed by atoms with Crippen LogP contribution >= 0.6 is 0 Å². The SMILES string of the molecule is CC(C)C(F)(CCCCC(F)(F)F)C(F)(F)C(C)(F)OC(=O)C=CC(=O)O. The zero-order chi connectivity index (χ0) is 21.7. The molecule has 158 valence electrons. The lowest BCUT2D eigenvalue weighted by molar-refractivity contribution is -0.309. The average Bonchev–Trinajstić information content (AvgIpc) is 2.47. The number of alkyl halides is 7. The molecule has 0 aromatic carbocycles. The number of carbonyl (C=O) groups is 2. The van der Waals surface area contributed by atoms with Crippen LogP contribution < -0.4 is 0 Å². The average molecular weight is 410 g/mol. The summed E-state index contributed by atoms with van der Waals surface area (Å²) in [6.07, 6.45) is -7.83. The van der Waals surface area contributed by atoms with Gasteiger partial charge in [-0.2, -0.15) is 26.3 Å². The van der Waals surface area contributed by atoms with Crippen molar-refractivity contribution in [3.8, 4) is 0 Å². The van der Waals surface area contributed by atoms with Crippen LogP contribution in [0, 0.1) is 5.92 Å². The zero-order valence-corrected chi connectivity index (χ0v) is 14.9. The Hall–Kier alpha value is -1.81. The van der Waals surface area contributed by atoms with E-state index in [9.17, 15) is 40.3 Å². The molecular formula is C16H21F7O4. The smallest absolute Gasteiger partial charge is 0.389 e. The third kappa shape index (κ3) is 7.02. The van der Waals surface area contributed by atoms with Gasteiger partial charge in [0.1, 0.15) is 0 Å². The largest absolute Gasteiger partial charge is 0.478 e. The summed E-state index contributed by atoms with van der Waals surface area (Å²) in [5.41, 5.74) is -3.61. The van der Waals surface area contributed by atoms with Crippen molar-refractivity contribution < 1.29 is 50.2 Å². The number of halogens is 7. The second-order valence-electron chi connectivity index (χ2n) is 6.42. The zero-order valence-electron chi connectivity index (χ0n) is 14.9. The summed E-state index contributed by atoms with van der Waals surface area (Å²) in [6.45, 7) is 2.06. The molecule has 2 atom stereocenters. The van der Waals surface area contributed by atoms with Crippen molar-refractivity contribution in [3.05, 3.63) is 12.2 Å². The molecule has 2 unspecified atom stereocenters. The lowest BCUT2D eigenvalue weighted by Crippen LogP contribution is -2.60. The summed E-state index contributed by atoms with van der Waals surface area (Å²) < 4.78 is 98.7. The molecule has 0 saturated carbocycles. The van der Waals surface area contributed by atoms with Gasteiger partial charge in [-0.3, -0.25) is 0 Å². The Morgan fingerprint density at radius 1 is 0.963 bits per heavy atom. The molecule has 27 heavy (non-hydrogen) atoms. The first-order valence-electron chi connectivity index (χ1n) is 7.92. The van der Waals surface area contributed by atoms with Gasteiger partial charge in [-0.1, -0.05) is 13.8 Å². The van der Waals surface area contributed by atoms with Gasteiger partial charge in [0.2, 0.25) is 0 Å². The van der Waals surface area contributed by atoms with E-state index in [1.165, 1.54) is 0 Å². The number of esters is 1. The van der Waals surface area contributed by atoms with Crippen LogP contribution in [0.25, 0.3) is 0 Å². The molecule has 0 saturated heterocycles. The minimum absolute atomic E-state index is 0.0892. The predicted molar refractivity (Wildman–Crippen MR) is 80.5 cm³/mol. The normalized spacial score (nSPS) is 17.6. The highest BCUT2D eigenvalue weighted by Crippen LogP contribution is 2.50. The van der Waals surface area contributed by atoms with Crippen molar-refractivity contribution in [2.24, 2.45) is 5.92 Å². The molecule has 0 spiro atoms. The summed E-state index contributed by atoms with van der Waals surface area (Å²) in [7, 11) is 0. The Labute approximate surface area is 151 Å². The van der Waals surface area contributed by atoms with Crippen molar-refractivity contribution in [2.45, 2.75) is 70.1 Å². The van der Waals surface area contributed by atoms with E-state index in [1.54, 1.807) is 0 Å². The maximum absolute atomic E-state index is 15.0. The second kappa shape index (κ2) is 8.92. The topological polar surface area (TPSA) is 63.6 Å². The maximum atomic E-state index is 15.0.